The van der Waals surface area contributed by atoms with E-state index in [1.165, 1.54) is 0 Å². The first-order valence-corrected chi connectivity index (χ1v) is 12.6. The fourth-order valence-corrected chi connectivity index (χ4v) is 4.77. The van der Waals surface area contributed by atoms with Gasteiger partial charge in [0.2, 0.25) is 16.9 Å². The minimum absolute atomic E-state index is 0.244. The van der Waals surface area contributed by atoms with Gasteiger partial charge in [-0.25, -0.2) is 4.68 Å². The van der Waals surface area contributed by atoms with Gasteiger partial charge in [0, 0.05) is 17.1 Å². The molecule has 2 aromatic carbocycles. The van der Waals surface area contributed by atoms with Crippen molar-refractivity contribution < 1.29 is 19.0 Å². The predicted molar refractivity (Wildman–Crippen MR) is 141 cm³/mol. The molecule has 1 unspecified atom stereocenters. The second-order valence-corrected chi connectivity index (χ2v) is 9.42. The molecule has 3 aromatic rings. The molecule has 1 aliphatic rings. The first-order valence-electron chi connectivity index (χ1n) is 11.6. The number of nitrogens with zero attached hydrogens (tertiary/aromatic N) is 3. The number of benzene rings is 2. The van der Waals surface area contributed by atoms with Crippen molar-refractivity contribution in [2.24, 2.45) is 0 Å². The van der Waals surface area contributed by atoms with Gasteiger partial charge < -0.3 is 24.8 Å². The zero-order chi connectivity index (χ0) is 25.8. The van der Waals surface area contributed by atoms with Crippen LogP contribution in [-0.4, -0.2) is 47.8 Å². The molecule has 10 heteroatoms. The van der Waals surface area contributed by atoms with Crippen molar-refractivity contribution in [1.82, 2.24) is 14.8 Å². The van der Waals surface area contributed by atoms with Crippen LogP contribution in [0.25, 0.3) is 0 Å². The van der Waals surface area contributed by atoms with Crippen LogP contribution >= 0.6 is 11.8 Å². The Labute approximate surface area is 215 Å². The summed E-state index contributed by atoms with van der Waals surface area (Å²) in [6, 6.07) is 10.8. The number of carbonyl (C=O) groups excluding carboxylic acids is 1. The van der Waals surface area contributed by atoms with Crippen LogP contribution in [0, 0.1) is 6.92 Å². The Kier molecular flexibility index (Phi) is 7.73. The van der Waals surface area contributed by atoms with Gasteiger partial charge >= 0.3 is 0 Å². The lowest BCUT2D eigenvalue weighted by Gasteiger charge is -2.29. The van der Waals surface area contributed by atoms with Crippen LogP contribution in [-0.2, 0) is 4.79 Å². The maximum atomic E-state index is 13.7. The lowest BCUT2D eigenvalue weighted by molar-refractivity contribution is -0.113. The van der Waals surface area contributed by atoms with E-state index in [0.717, 1.165) is 23.3 Å². The molecular weight excluding hydrogens is 478 g/mol. The van der Waals surface area contributed by atoms with Crippen molar-refractivity contribution in [1.29, 1.82) is 0 Å². The summed E-state index contributed by atoms with van der Waals surface area (Å²) in [5.74, 6) is 2.67. The second-order valence-electron chi connectivity index (χ2n) is 8.36. The van der Waals surface area contributed by atoms with Crippen LogP contribution in [0.2, 0.25) is 0 Å². The number of fused-ring (bicyclic) bond motifs is 1. The minimum atomic E-state index is -0.580. The molecule has 36 heavy (non-hydrogen) atoms. The molecule has 190 valence electrons. The fraction of sp³-hybridized carbons (Fsp3) is 0.346. The summed E-state index contributed by atoms with van der Waals surface area (Å²) < 4.78 is 18.5. The molecule has 0 spiro atoms. The summed E-state index contributed by atoms with van der Waals surface area (Å²) in [5, 5.41) is 11.7. The van der Waals surface area contributed by atoms with E-state index in [-0.39, 0.29) is 5.91 Å². The van der Waals surface area contributed by atoms with Crippen LogP contribution in [0.15, 0.2) is 52.8 Å². The van der Waals surface area contributed by atoms with E-state index in [9.17, 15) is 4.79 Å². The number of anilines is 2. The van der Waals surface area contributed by atoms with E-state index in [1.54, 1.807) is 37.8 Å². The predicted octanol–water partition coefficient (Wildman–Crippen LogP) is 5.04. The third-order valence-electron chi connectivity index (χ3n) is 5.83. The lowest BCUT2D eigenvalue weighted by atomic mass is 9.94. The van der Waals surface area contributed by atoms with Crippen LogP contribution in [0.1, 0.15) is 37.4 Å². The number of hydrogen-bond acceptors (Lipinski definition) is 8. The molecule has 1 aromatic heterocycles. The van der Waals surface area contributed by atoms with Gasteiger partial charge in [0.05, 0.1) is 26.9 Å². The number of methoxy groups -OCH3 is 3. The van der Waals surface area contributed by atoms with Crippen LogP contribution < -0.4 is 24.8 Å². The van der Waals surface area contributed by atoms with E-state index >= 15 is 0 Å². The average Bonchev–Trinajstić information content (AvgIpc) is 3.29. The van der Waals surface area contributed by atoms with Crippen molar-refractivity contribution in [2.75, 3.05) is 37.7 Å². The Bertz CT molecular complexity index is 1260. The summed E-state index contributed by atoms with van der Waals surface area (Å²) in [5.41, 5.74) is 3.76. The van der Waals surface area contributed by atoms with Gasteiger partial charge in [-0.3, -0.25) is 4.79 Å². The topological polar surface area (TPSA) is 99.5 Å². The van der Waals surface area contributed by atoms with E-state index in [4.69, 9.17) is 19.3 Å². The first-order chi connectivity index (χ1) is 17.4. The highest BCUT2D eigenvalue weighted by atomic mass is 32.2. The number of aromatic nitrogens is 3. The number of thioether (sulfide) groups is 1. The van der Waals surface area contributed by atoms with E-state index in [0.29, 0.717) is 45.3 Å². The molecule has 0 radical (unpaired) electrons. The quantitative estimate of drug-likeness (QED) is 0.387. The zero-order valence-electron chi connectivity index (χ0n) is 21.3. The third kappa shape index (κ3) is 4.99. The molecule has 1 atom stereocenters. The smallest absolute Gasteiger partial charge is 0.255 e. The number of amides is 1. The number of allylic oxidation sites excluding steroid dienone is 1. The Morgan fingerprint density at radius 1 is 1.08 bits per heavy atom. The van der Waals surface area contributed by atoms with Gasteiger partial charge in [-0.15, -0.1) is 5.10 Å². The number of aryl methyl sites for hydroxylation is 1. The number of rotatable bonds is 9. The molecule has 0 bridgehead atoms. The van der Waals surface area contributed by atoms with Gasteiger partial charge in [0.1, 0.15) is 6.04 Å². The summed E-state index contributed by atoms with van der Waals surface area (Å²) in [6.45, 7) is 5.98. The molecule has 9 nitrogen and oxygen atoms in total. The van der Waals surface area contributed by atoms with Crippen molar-refractivity contribution in [2.45, 2.75) is 38.4 Å². The van der Waals surface area contributed by atoms with E-state index in [1.807, 2.05) is 50.2 Å². The van der Waals surface area contributed by atoms with E-state index < -0.39 is 6.04 Å². The van der Waals surface area contributed by atoms with Crippen molar-refractivity contribution in [3.63, 3.8) is 0 Å². The molecule has 0 saturated heterocycles. The Morgan fingerprint density at radius 3 is 2.33 bits per heavy atom. The Balaban J connectivity index is 1.84. The molecule has 1 amide bonds. The molecular formula is C26H31N5O4S. The standard InChI is InChI=1S/C26H31N5O4S/c1-7-12-36-26-29-25-27-16(3)21(24(32)28-18-10-8-15(2)9-11-18)22(31(25)30-26)17-13-19(33-4)23(35-6)20(14-17)34-5/h8-11,13-14,22H,7,12H2,1-6H3,(H,28,32)(H,27,29,30). The minimum Gasteiger partial charge on any atom is -0.493 e. The molecule has 1 aliphatic heterocycles. The van der Waals surface area contributed by atoms with Gasteiger partial charge in [-0.2, -0.15) is 4.98 Å². The van der Waals surface area contributed by atoms with Gasteiger partial charge in [-0.05, 0) is 50.1 Å². The molecule has 0 saturated carbocycles. The van der Waals surface area contributed by atoms with E-state index in [2.05, 4.69) is 22.5 Å². The number of hydrogen-bond donors (Lipinski definition) is 2. The number of carbonyl (C=O) groups is 1. The van der Waals surface area contributed by atoms with Crippen molar-refractivity contribution >= 4 is 29.3 Å². The summed E-state index contributed by atoms with van der Waals surface area (Å²) in [4.78, 5) is 18.4. The lowest BCUT2D eigenvalue weighted by Crippen LogP contribution is -2.31. The summed E-state index contributed by atoms with van der Waals surface area (Å²) in [6.07, 6.45) is 1.000. The second kappa shape index (κ2) is 10.9. The molecule has 0 fully saturated rings. The molecule has 0 aliphatic carbocycles. The monoisotopic (exact) mass is 509 g/mol. The SMILES string of the molecule is CCCSc1nc2n(n1)C(c1cc(OC)c(OC)c(OC)c1)C(C(=O)Nc1ccc(C)cc1)=C(C)N2. The van der Waals surface area contributed by atoms with Crippen molar-refractivity contribution in [3.8, 4) is 17.2 Å². The van der Waals surface area contributed by atoms with Gasteiger partial charge in [-0.1, -0.05) is 36.4 Å². The van der Waals surface area contributed by atoms with Crippen LogP contribution in [0.5, 0.6) is 17.2 Å². The zero-order valence-corrected chi connectivity index (χ0v) is 22.2. The summed E-state index contributed by atoms with van der Waals surface area (Å²) in [7, 11) is 4.69. The maximum Gasteiger partial charge on any atom is 0.255 e. The third-order valence-corrected chi connectivity index (χ3v) is 6.87. The van der Waals surface area contributed by atoms with Gasteiger partial charge in [0.15, 0.2) is 11.5 Å². The highest BCUT2D eigenvalue weighted by molar-refractivity contribution is 7.99. The average molecular weight is 510 g/mol. The molecule has 4 rings (SSSR count). The Hall–Kier alpha value is -3.66. The molecule has 2 heterocycles. The van der Waals surface area contributed by atoms with Crippen molar-refractivity contribution in [3.05, 3.63) is 58.8 Å². The largest absolute Gasteiger partial charge is 0.493 e. The number of ether oxygens (including phenoxy) is 3. The van der Waals surface area contributed by atoms with Gasteiger partial charge in [0.25, 0.3) is 5.91 Å². The van der Waals surface area contributed by atoms with Crippen LogP contribution in [0.3, 0.4) is 0 Å². The Morgan fingerprint density at radius 2 is 1.75 bits per heavy atom. The number of nitrogens with one attached hydrogen (secondary N) is 2. The molecule has 2 N–H and O–H groups in total. The normalized spacial score (nSPS) is 14.7. The highest BCUT2D eigenvalue weighted by Crippen LogP contribution is 2.44. The first kappa shape index (κ1) is 25.4. The highest BCUT2D eigenvalue weighted by Gasteiger charge is 2.35. The maximum absolute atomic E-state index is 13.7. The summed E-state index contributed by atoms with van der Waals surface area (Å²) >= 11 is 1.58. The van der Waals surface area contributed by atoms with Crippen LogP contribution in [0.4, 0.5) is 11.6 Å². The fourth-order valence-electron chi connectivity index (χ4n) is 4.08.